The van der Waals surface area contributed by atoms with Crippen LogP contribution in [-0.4, -0.2) is 25.4 Å². The molecule has 0 aliphatic heterocycles. The van der Waals surface area contributed by atoms with Gasteiger partial charge < -0.3 is 0 Å². The van der Waals surface area contributed by atoms with E-state index in [1.54, 1.807) is 30.3 Å². The highest BCUT2D eigenvalue weighted by Gasteiger charge is 2.27. The first kappa shape index (κ1) is 19.5. The number of carbonyl (C=O) groups excluding carboxylic acids is 1. The molecule has 1 saturated carbocycles. The minimum absolute atomic E-state index is 0.0331. The smallest absolute Gasteiger partial charge is 0.281 e. The maximum absolute atomic E-state index is 13.9. The van der Waals surface area contributed by atoms with Crippen molar-refractivity contribution in [1.29, 1.82) is 0 Å². The first-order chi connectivity index (χ1) is 13.9. The number of hydrazine groups is 1. The first-order valence-electron chi connectivity index (χ1n) is 8.82. The maximum Gasteiger partial charge on any atom is 0.281 e. The lowest BCUT2D eigenvalue weighted by Gasteiger charge is -2.09. The van der Waals surface area contributed by atoms with E-state index in [1.165, 1.54) is 24.4 Å². The molecule has 1 aliphatic carbocycles. The fourth-order valence-corrected chi connectivity index (χ4v) is 4.68. The molecule has 29 heavy (non-hydrogen) atoms. The fourth-order valence-electron chi connectivity index (χ4n) is 2.53. The lowest BCUT2D eigenvalue weighted by molar-refractivity contribution is 0.0966. The summed E-state index contributed by atoms with van der Waals surface area (Å²) in [7, 11) is -3.52. The molecule has 150 valence electrons. The van der Waals surface area contributed by atoms with Gasteiger partial charge in [0.05, 0.1) is 16.8 Å². The average molecular weight is 433 g/mol. The third-order valence-corrected chi connectivity index (χ3v) is 6.78. The summed E-state index contributed by atoms with van der Waals surface area (Å²) in [6.45, 7) is 0. The number of halogens is 1. The number of anilines is 1. The normalized spacial score (nSPS) is 13.8. The van der Waals surface area contributed by atoms with Crippen LogP contribution >= 0.6 is 11.3 Å². The van der Waals surface area contributed by atoms with Crippen LogP contribution in [0.2, 0.25) is 0 Å². The van der Waals surface area contributed by atoms with Crippen molar-refractivity contribution in [2.75, 3.05) is 5.43 Å². The largest absolute Gasteiger partial charge is 0.298 e. The molecule has 0 bridgehead atoms. The summed E-state index contributed by atoms with van der Waals surface area (Å²) < 4.78 is 40.8. The van der Waals surface area contributed by atoms with Gasteiger partial charge in [0.1, 0.15) is 15.7 Å². The molecule has 1 amide bonds. The highest BCUT2D eigenvalue weighted by molar-refractivity contribution is 7.89. The quantitative estimate of drug-likeness (QED) is 0.498. The van der Waals surface area contributed by atoms with Gasteiger partial charge in [0.15, 0.2) is 0 Å². The molecular weight excluding hydrogens is 415 g/mol. The Labute approximate surface area is 171 Å². The number of nitrogens with one attached hydrogen (secondary N) is 3. The number of hydrogen-bond donors (Lipinski definition) is 3. The van der Waals surface area contributed by atoms with E-state index in [4.69, 9.17) is 0 Å². The van der Waals surface area contributed by atoms with E-state index >= 15 is 0 Å². The van der Waals surface area contributed by atoms with E-state index in [9.17, 15) is 17.6 Å². The predicted octanol–water partition coefficient (Wildman–Crippen LogP) is 3.15. The van der Waals surface area contributed by atoms with Crippen LogP contribution in [0.25, 0.3) is 10.6 Å². The van der Waals surface area contributed by atoms with Gasteiger partial charge in [-0.3, -0.25) is 15.6 Å². The molecule has 1 heterocycles. The van der Waals surface area contributed by atoms with Crippen LogP contribution < -0.4 is 15.6 Å². The minimum Gasteiger partial charge on any atom is -0.298 e. The Hall–Kier alpha value is -2.82. The number of thiazole rings is 1. The third kappa shape index (κ3) is 4.61. The first-order valence-corrected chi connectivity index (χ1v) is 11.1. The van der Waals surface area contributed by atoms with Gasteiger partial charge in [-0.1, -0.05) is 12.1 Å². The summed E-state index contributed by atoms with van der Waals surface area (Å²) in [5.74, 6) is -0.838. The number of sulfonamides is 1. The SMILES string of the molecule is O=C(NNc1ccc(S(=O)(=O)NC2CC2)cc1)c1cnc(-c2ccccc2F)s1. The molecule has 2 aromatic carbocycles. The summed E-state index contributed by atoms with van der Waals surface area (Å²) in [6.07, 6.45) is 3.10. The van der Waals surface area contributed by atoms with Crippen molar-refractivity contribution in [1.82, 2.24) is 15.1 Å². The summed E-state index contributed by atoms with van der Waals surface area (Å²) in [5, 5.41) is 0.408. The molecule has 0 saturated heterocycles. The number of rotatable bonds is 7. The fraction of sp³-hybridized carbons (Fsp3) is 0.158. The molecule has 3 aromatic rings. The van der Waals surface area contributed by atoms with Crippen LogP contribution in [0, 0.1) is 5.82 Å². The summed E-state index contributed by atoms with van der Waals surface area (Å²) in [6, 6.07) is 12.3. The summed E-state index contributed by atoms with van der Waals surface area (Å²) >= 11 is 1.07. The number of benzene rings is 2. The molecule has 0 radical (unpaired) electrons. The molecule has 0 unspecified atom stereocenters. The Morgan fingerprint density at radius 1 is 1.10 bits per heavy atom. The van der Waals surface area contributed by atoms with Crippen molar-refractivity contribution >= 4 is 33.0 Å². The van der Waals surface area contributed by atoms with E-state index < -0.39 is 21.7 Å². The Balaban J connectivity index is 1.38. The van der Waals surface area contributed by atoms with E-state index in [0.29, 0.717) is 21.1 Å². The predicted molar refractivity (Wildman–Crippen MR) is 108 cm³/mol. The number of hydrogen-bond acceptors (Lipinski definition) is 6. The standard InChI is InChI=1S/C19H17FN4O3S2/c20-16-4-2-1-3-15(16)19-21-11-17(28-19)18(25)23-22-12-7-9-14(10-8-12)29(26,27)24-13-5-6-13/h1-4,7-11,13,22,24H,5-6H2,(H,23,25). The van der Waals surface area contributed by atoms with Crippen molar-refractivity contribution in [2.24, 2.45) is 0 Å². The van der Waals surface area contributed by atoms with E-state index in [-0.39, 0.29) is 10.9 Å². The lowest BCUT2D eigenvalue weighted by Crippen LogP contribution is -2.29. The van der Waals surface area contributed by atoms with Crippen molar-refractivity contribution in [3.8, 4) is 10.6 Å². The van der Waals surface area contributed by atoms with Crippen LogP contribution in [-0.2, 0) is 10.0 Å². The van der Waals surface area contributed by atoms with Crippen molar-refractivity contribution in [2.45, 2.75) is 23.8 Å². The highest BCUT2D eigenvalue weighted by Crippen LogP contribution is 2.27. The molecule has 4 rings (SSSR count). The van der Waals surface area contributed by atoms with Crippen LogP contribution in [0.4, 0.5) is 10.1 Å². The lowest BCUT2D eigenvalue weighted by atomic mass is 10.2. The van der Waals surface area contributed by atoms with Crippen LogP contribution in [0.15, 0.2) is 59.6 Å². The molecule has 1 aliphatic rings. The Morgan fingerprint density at radius 2 is 1.83 bits per heavy atom. The molecule has 7 nitrogen and oxygen atoms in total. The zero-order valence-electron chi connectivity index (χ0n) is 15.1. The molecule has 3 N–H and O–H groups in total. The van der Waals surface area contributed by atoms with Crippen molar-refractivity contribution in [3.63, 3.8) is 0 Å². The number of carbonyl (C=O) groups is 1. The monoisotopic (exact) mass is 432 g/mol. The molecule has 1 fully saturated rings. The van der Waals surface area contributed by atoms with E-state index in [2.05, 4.69) is 20.6 Å². The van der Waals surface area contributed by atoms with Gasteiger partial charge >= 0.3 is 0 Å². The van der Waals surface area contributed by atoms with Gasteiger partial charge in [-0.25, -0.2) is 22.5 Å². The summed E-state index contributed by atoms with van der Waals surface area (Å²) in [4.78, 5) is 16.9. The van der Waals surface area contributed by atoms with Gasteiger partial charge in [-0.15, -0.1) is 11.3 Å². The molecule has 1 aromatic heterocycles. The van der Waals surface area contributed by atoms with Gasteiger partial charge in [-0.2, -0.15) is 0 Å². The van der Waals surface area contributed by atoms with Gasteiger partial charge in [0.2, 0.25) is 10.0 Å². The molecular formula is C19H17FN4O3S2. The van der Waals surface area contributed by atoms with Crippen molar-refractivity contribution in [3.05, 3.63) is 65.4 Å². The van der Waals surface area contributed by atoms with Crippen LogP contribution in [0.3, 0.4) is 0 Å². The number of aromatic nitrogens is 1. The van der Waals surface area contributed by atoms with Crippen LogP contribution in [0.1, 0.15) is 22.5 Å². The average Bonchev–Trinajstić information content (AvgIpc) is 3.37. The Kier molecular flexibility index (Phi) is 5.31. The van der Waals surface area contributed by atoms with Gasteiger partial charge in [0, 0.05) is 11.6 Å². The second-order valence-electron chi connectivity index (χ2n) is 6.51. The molecule has 0 spiro atoms. The summed E-state index contributed by atoms with van der Waals surface area (Å²) in [5.41, 5.74) is 6.09. The molecule has 10 heteroatoms. The third-order valence-electron chi connectivity index (χ3n) is 4.22. The van der Waals surface area contributed by atoms with Gasteiger partial charge in [0.25, 0.3) is 5.91 Å². The highest BCUT2D eigenvalue weighted by atomic mass is 32.2. The van der Waals surface area contributed by atoms with E-state index in [1.807, 2.05) is 0 Å². The number of amides is 1. The zero-order chi connectivity index (χ0) is 20.4. The second-order valence-corrected chi connectivity index (χ2v) is 9.25. The van der Waals surface area contributed by atoms with Crippen molar-refractivity contribution < 1.29 is 17.6 Å². The van der Waals surface area contributed by atoms with Gasteiger partial charge in [-0.05, 0) is 49.2 Å². The maximum atomic E-state index is 13.9. The Bertz CT molecular complexity index is 1140. The number of nitrogens with zero attached hydrogens (tertiary/aromatic N) is 1. The minimum atomic E-state index is -3.52. The zero-order valence-corrected chi connectivity index (χ0v) is 16.7. The second kappa shape index (κ2) is 7.90. The molecule has 0 atom stereocenters. The Morgan fingerprint density at radius 3 is 2.52 bits per heavy atom. The topological polar surface area (TPSA) is 100 Å². The van der Waals surface area contributed by atoms with Crippen LogP contribution in [0.5, 0.6) is 0 Å². The van der Waals surface area contributed by atoms with E-state index in [0.717, 1.165) is 24.2 Å².